The van der Waals surface area contributed by atoms with Gasteiger partial charge in [0.25, 0.3) is 0 Å². The summed E-state index contributed by atoms with van der Waals surface area (Å²) in [5.74, 6) is 0. The molecule has 0 aromatic heterocycles. The van der Waals surface area contributed by atoms with Crippen LogP contribution in [0.15, 0.2) is 0 Å². The van der Waals surface area contributed by atoms with Crippen LogP contribution in [0.1, 0.15) is 0 Å². The molecule has 0 rings (SSSR count). The molecular formula is C12H25NO11. The Bertz CT molecular complexity index is 313. The summed E-state index contributed by atoms with van der Waals surface area (Å²) in [6, 6.07) is -1.26. The van der Waals surface area contributed by atoms with Gasteiger partial charge in [-0.25, -0.2) is 0 Å². The summed E-state index contributed by atoms with van der Waals surface area (Å²) in [5.41, 5.74) is 5.04. The minimum absolute atomic E-state index is 0.0258. The number of carbonyl (C=O) groups excluding carboxylic acids is 2. The second kappa shape index (κ2) is 13.3. The molecule has 24 heavy (non-hydrogen) atoms. The molecule has 0 amide bonds. The van der Waals surface area contributed by atoms with Crippen molar-refractivity contribution in [2.75, 3.05) is 13.2 Å². The van der Waals surface area contributed by atoms with Crippen LogP contribution in [-0.2, 0) is 9.59 Å². The third-order valence-electron chi connectivity index (χ3n) is 2.90. The maximum Gasteiger partial charge on any atom is 0.151 e. The zero-order valence-corrected chi connectivity index (χ0v) is 12.6. The van der Waals surface area contributed by atoms with Crippen LogP contribution in [0.2, 0.25) is 0 Å². The van der Waals surface area contributed by atoms with E-state index in [0.29, 0.717) is 0 Å². The van der Waals surface area contributed by atoms with Gasteiger partial charge in [-0.2, -0.15) is 0 Å². The van der Waals surface area contributed by atoms with E-state index in [9.17, 15) is 9.59 Å². The molecule has 0 spiro atoms. The molecule has 0 aliphatic carbocycles. The van der Waals surface area contributed by atoms with Crippen LogP contribution < -0.4 is 5.73 Å². The van der Waals surface area contributed by atoms with Gasteiger partial charge in [0.2, 0.25) is 0 Å². The van der Waals surface area contributed by atoms with Gasteiger partial charge in [0.05, 0.1) is 19.3 Å². The molecule has 0 aromatic rings. The van der Waals surface area contributed by atoms with Crippen molar-refractivity contribution in [3.05, 3.63) is 0 Å². The first-order valence-corrected chi connectivity index (χ1v) is 6.73. The minimum Gasteiger partial charge on any atom is -0.394 e. The second-order valence-electron chi connectivity index (χ2n) is 4.80. The molecule has 0 aromatic carbocycles. The van der Waals surface area contributed by atoms with Crippen molar-refractivity contribution >= 4 is 12.6 Å². The highest BCUT2D eigenvalue weighted by Crippen LogP contribution is 2.03. The van der Waals surface area contributed by atoms with E-state index in [1.807, 2.05) is 0 Å². The summed E-state index contributed by atoms with van der Waals surface area (Å²) in [4.78, 5) is 19.9. The molecule has 12 heteroatoms. The smallest absolute Gasteiger partial charge is 0.151 e. The summed E-state index contributed by atoms with van der Waals surface area (Å²) in [7, 11) is 0. The summed E-state index contributed by atoms with van der Waals surface area (Å²) in [6.07, 6.45) is -11.3. The third kappa shape index (κ3) is 8.70. The largest absolute Gasteiger partial charge is 0.394 e. The molecule has 0 bridgehead atoms. The Balaban J connectivity index is 0. The number of carbonyl (C=O) groups is 2. The number of aliphatic hydroxyl groups excluding tert-OH is 9. The topological polar surface area (TPSA) is 242 Å². The van der Waals surface area contributed by atoms with E-state index in [0.717, 1.165) is 0 Å². The zero-order chi connectivity index (χ0) is 19.4. The molecule has 8 atom stereocenters. The molecule has 0 radical (unpaired) electrons. The average molecular weight is 359 g/mol. The highest BCUT2D eigenvalue weighted by molar-refractivity contribution is 5.58. The van der Waals surface area contributed by atoms with Crippen molar-refractivity contribution in [1.82, 2.24) is 0 Å². The van der Waals surface area contributed by atoms with E-state index in [-0.39, 0.29) is 12.6 Å². The standard InChI is InChI=1S/C6H13NO5.C6H12O6/c7-3(1-8)5(11)6(12)4(10)2-9;7-1-3(9)5(11)6(12)4(10)2-8/h1,3-6,9-12H,2,7H2;1,3-6,8-12H,2H2/t2*3-,4+,5+,6-/m00/s1. The molecule has 0 saturated carbocycles. The minimum atomic E-state index is -1.79. The van der Waals surface area contributed by atoms with E-state index < -0.39 is 62.0 Å². The first kappa shape index (κ1) is 25.2. The van der Waals surface area contributed by atoms with Crippen LogP contribution in [0.3, 0.4) is 0 Å². The Morgan fingerprint density at radius 3 is 1.33 bits per heavy atom. The van der Waals surface area contributed by atoms with Crippen molar-refractivity contribution in [3.63, 3.8) is 0 Å². The van der Waals surface area contributed by atoms with E-state index in [1.54, 1.807) is 0 Å². The van der Waals surface area contributed by atoms with Crippen LogP contribution in [-0.4, -0.2) is 121 Å². The van der Waals surface area contributed by atoms with Crippen LogP contribution in [0, 0.1) is 0 Å². The van der Waals surface area contributed by atoms with Crippen LogP contribution in [0.4, 0.5) is 0 Å². The highest BCUT2D eigenvalue weighted by atomic mass is 16.4. The Labute approximate surface area is 137 Å². The molecule has 0 aliphatic rings. The second-order valence-corrected chi connectivity index (χ2v) is 4.80. The fourth-order valence-corrected chi connectivity index (χ4v) is 1.26. The maximum atomic E-state index is 10.0. The molecule has 12 nitrogen and oxygen atoms in total. The van der Waals surface area contributed by atoms with Gasteiger partial charge in [-0.1, -0.05) is 0 Å². The summed E-state index contributed by atoms with van der Waals surface area (Å²) >= 11 is 0. The zero-order valence-electron chi connectivity index (χ0n) is 12.6. The number of rotatable bonds is 10. The average Bonchev–Trinajstić information content (AvgIpc) is 2.62. The first-order chi connectivity index (χ1) is 11.1. The third-order valence-corrected chi connectivity index (χ3v) is 2.90. The van der Waals surface area contributed by atoms with Crippen LogP contribution in [0.25, 0.3) is 0 Å². The lowest BCUT2D eigenvalue weighted by Crippen LogP contribution is -2.49. The van der Waals surface area contributed by atoms with Gasteiger partial charge in [0.1, 0.15) is 49.0 Å². The van der Waals surface area contributed by atoms with E-state index in [1.165, 1.54) is 0 Å². The quantitative estimate of drug-likeness (QED) is 0.164. The lowest BCUT2D eigenvalue weighted by atomic mass is 10.0. The fraction of sp³-hybridized carbons (Fsp3) is 0.833. The van der Waals surface area contributed by atoms with E-state index >= 15 is 0 Å². The maximum absolute atomic E-state index is 10.0. The molecule has 0 aliphatic heterocycles. The fourth-order valence-electron chi connectivity index (χ4n) is 1.26. The van der Waals surface area contributed by atoms with Crippen LogP contribution >= 0.6 is 0 Å². The Morgan fingerprint density at radius 2 is 1.04 bits per heavy atom. The summed E-state index contributed by atoms with van der Waals surface area (Å²) < 4.78 is 0. The van der Waals surface area contributed by atoms with Gasteiger partial charge >= 0.3 is 0 Å². The lowest BCUT2D eigenvalue weighted by Gasteiger charge is -2.23. The van der Waals surface area contributed by atoms with Gasteiger partial charge in [0.15, 0.2) is 6.29 Å². The van der Waals surface area contributed by atoms with Crippen molar-refractivity contribution in [1.29, 1.82) is 0 Å². The van der Waals surface area contributed by atoms with E-state index in [4.69, 9.17) is 51.7 Å². The normalized spacial score (nSPS) is 21.1. The number of aldehydes is 2. The molecule has 0 saturated heterocycles. The molecule has 0 unspecified atom stereocenters. The summed E-state index contributed by atoms with van der Waals surface area (Å²) in [5, 5.41) is 78.7. The Hall–Kier alpha value is -1.06. The predicted octanol–water partition coefficient (Wildman–Crippen LogP) is -6.79. The molecule has 0 fully saturated rings. The first-order valence-electron chi connectivity index (χ1n) is 6.73. The van der Waals surface area contributed by atoms with Gasteiger partial charge < -0.3 is 61.3 Å². The lowest BCUT2D eigenvalue weighted by molar-refractivity contribution is -0.136. The SMILES string of the molecule is N[C@@H](C=O)[C@@H](O)[C@@H](O)[C@H](O)CO.O=C[C@H](O)[C@@H](O)[C@@H](O)[C@H](O)CO. The number of nitrogens with two attached hydrogens (primary N) is 1. The number of hydrogen-bond acceptors (Lipinski definition) is 12. The monoisotopic (exact) mass is 359 g/mol. The van der Waals surface area contributed by atoms with Crippen LogP contribution in [0.5, 0.6) is 0 Å². The van der Waals surface area contributed by atoms with Crippen molar-refractivity contribution in [2.24, 2.45) is 5.73 Å². The Morgan fingerprint density at radius 1 is 0.667 bits per heavy atom. The van der Waals surface area contributed by atoms with Gasteiger partial charge in [-0.3, -0.25) is 0 Å². The van der Waals surface area contributed by atoms with Gasteiger partial charge in [-0.15, -0.1) is 0 Å². The molecular weight excluding hydrogens is 334 g/mol. The predicted molar refractivity (Wildman–Crippen MR) is 76.3 cm³/mol. The number of aliphatic hydroxyl groups is 9. The van der Waals surface area contributed by atoms with Gasteiger partial charge in [0, 0.05) is 0 Å². The van der Waals surface area contributed by atoms with Crippen molar-refractivity contribution in [3.8, 4) is 0 Å². The Kier molecular flexibility index (Phi) is 13.9. The molecule has 0 heterocycles. The van der Waals surface area contributed by atoms with Crippen molar-refractivity contribution < 1.29 is 55.5 Å². The van der Waals surface area contributed by atoms with E-state index in [2.05, 4.69) is 0 Å². The molecule has 11 N–H and O–H groups in total. The summed E-state index contributed by atoms with van der Waals surface area (Å²) in [6.45, 7) is -1.46. The molecule has 144 valence electrons. The van der Waals surface area contributed by atoms with Crippen molar-refractivity contribution in [2.45, 2.75) is 48.8 Å². The van der Waals surface area contributed by atoms with Gasteiger partial charge in [-0.05, 0) is 0 Å². The number of hydrogen-bond donors (Lipinski definition) is 10. The highest BCUT2D eigenvalue weighted by Gasteiger charge is 2.29.